The van der Waals surface area contributed by atoms with E-state index in [1.165, 1.54) is 32.1 Å². The Hall–Kier alpha value is -0.260. The molecule has 0 nitrogen and oxygen atoms in total. The Kier molecular flexibility index (Phi) is 2.96. The lowest BCUT2D eigenvalue weighted by molar-refractivity contribution is 0.110. The second-order valence-electron chi connectivity index (χ2n) is 6.11. The summed E-state index contributed by atoms with van der Waals surface area (Å²) in [6, 6.07) is 0. The normalized spacial score (nSPS) is 42.3. The zero-order valence-corrected chi connectivity index (χ0v) is 10.8. The van der Waals surface area contributed by atoms with E-state index >= 15 is 0 Å². The Morgan fingerprint density at radius 3 is 2.87 bits per heavy atom. The summed E-state index contributed by atoms with van der Waals surface area (Å²) in [5, 5.41) is 0. The third kappa shape index (κ3) is 1.66. The van der Waals surface area contributed by atoms with E-state index in [-0.39, 0.29) is 0 Å². The van der Waals surface area contributed by atoms with Gasteiger partial charge in [-0.05, 0) is 55.8 Å². The molecule has 0 aromatic rings. The van der Waals surface area contributed by atoms with Crippen molar-refractivity contribution < 1.29 is 0 Å². The highest BCUT2D eigenvalue weighted by atomic mass is 14.5. The minimum absolute atomic E-state index is 0.633. The number of fused-ring (bicyclic) bond motifs is 1. The molecule has 0 aromatic carbocycles. The maximum Gasteiger partial charge on any atom is -0.0149 e. The molecule has 4 atom stereocenters. The number of hydrogen-bond donors (Lipinski definition) is 0. The van der Waals surface area contributed by atoms with E-state index in [2.05, 4.69) is 33.8 Å². The van der Waals surface area contributed by atoms with E-state index in [9.17, 15) is 0 Å². The zero-order chi connectivity index (χ0) is 11.1. The van der Waals surface area contributed by atoms with Crippen LogP contribution in [0.1, 0.15) is 59.8 Å². The van der Waals surface area contributed by atoms with Crippen molar-refractivity contribution in [1.82, 2.24) is 0 Å². The van der Waals surface area contributed by atoms with Crippen LogP contribution in [0.3, 0.4) is 0 Å². The minimum atomic E-state index is 0.633. The van der Waals surface area contributed by atoms with E-state index in [1.807, 2.05) is 0 Å². The average molecular weight is 206 g/mol. The van der Waals surface area contributed by atoms with Gasteiger partial charge in [0, 0.05) is 0 Å². The second kappa shape index (κ2) is 3.96. The zero-order valence-electron chi connectivity index (χ0n) is 10.8. The molecule has 0 bridgehead atoms. The van der Waals surface area contributed by atoms with Crippen molar-refractivity contribution in [3.8, 4) is 0 Å². The van der Waals surface area contributed by atoms with Gasteiger partial charge in [-0.25, -0.2) is 0 Å². The lowest BCUT2D eigenvalue weighted by Crippen LogP contribution is -2.34. The van der Waals surface area contributed by atoms with Gasteiger partial charge in [-0.1, -0.05) is 38.8 Å². The van der Waals surface area contributed by atoms with Crippen molar-refractivity contribution in [2.75, 3.05) is 0 Å². The molecule has 2 aliphatic carbocycles. The third-order valence-corrected chi connectivity index (χ3v) is 5.44. The summed E-state index contributed by atoms with van der Waals surface area (Å²) in [5.41, 5.74) is 2.32. The molecule has 86 valence electrons. The summed E-state index contributed by atoms with van der Waals surface area (Å²) in [5.74, 6) is 2.81. The fraction of sp³-hybridized carbons (Fsp3) is 0.867. The molecule has 0 heteroatoms. The van der Waals surface area contributed by atoms with E-state index in [1.54, 1.807) is 5.57 Å². The topological polar surface area (TPSA) is 0 Å². The minimum Gasteiger partial charge on any atom is -0.0853 e. The molecule has 2 unspecified atom stereocenters. The van der Waals surface area contributed by atoms with E-state index in [0.29, 0.717) is 5.41 Å². The lowest BCUT2D eigenvalue weighted by Gasteiger charge is -2.42. The molecule has 0 spiro atoms. The monoisotopic (exact) mass is 206 g/mol. The van der Waals surface area contributed by atoms with Crippen molar-refractivity contribution in [2.24, 2.45) is 23.2 Å². The maximum atomic E-state index is 2.57. The van der Waals surface area contributed by atoms with E-state index in [0.717, 1.165) is 17.8 Å². The van der Waals surface area contributed by atoms with Gasteiger partial charge in [0.2, 0.25) is 0 Å². The van der Waals surface area contributed by atoms with Crippen LogP contribution in [0.4, 0.5) is 0 Å². The lowest BCUT2D eigenvalue weighted by atomic mass is 9.62. The summed E-state index contributed by atoms with van der Waals surface area (Å²) < 4.78 is 0. The fourth-order valence-electron chi connectivity index (χ4n) is 4.34. The first kappa shape index (κ1) is 11.2. The Morgan fingerprint density at radius 1 is 1.47 bits per heavy atom. The van der Waals surface area contributed by atoms with Crippen LogP contribution < -0.4 is 0 Å². The largest absolute Gasteiger partial charge is 0.0853 e. The summed E-state index contributed by atoms with van der Waals surface area (Å²) in [6.45, 7) is 9.75. The molecule has 0 amide bonds. The van der Waals surface area contributed by atoms with Gasteiger partial charge in [-0.15, -0.1) is 0 Å². The van der Waals surface area contributed by atoms with Gasteiger partial charge < -0.3 is 0 Å². The molecule has 2 aliphatic rings. The quantitative estimate of drug-likeness (QED) is 0.569. The van der Waals surface area contributed by atoms with Gasteiger partial charge in [-0.3, -0.25) is 0 Å². The van der Waals surface area contributed by atoms with Crippen LogP contribution in [0, 0.1) is 23.2 Å². The molecular formula is C15H26. The number of hydrogen-bond acceptors (Lipinski definition) is 0. The van der Waals surface area contributed by atoms with Crippen molar-refractivity contribution in [1.29, 1.82) is 0 Å². The van der Waals surface area contributed by atoms with Crippen LogP contribution in [-0.4, -0.2) is 0 Å². The molecular weight excluding hydrogens is 180 g/mol. The van der Waals surface area contributed by atoms with Crippen LogP contribution in [0.5, 0.6) is 0 Å². The summed E-state index contributed by atoms with van der Waals surface area (Å²) in [7, 11) is 0. The molecule has 1 saturated carbocycles. The first-order valence-electron chi connectivity index (χ1n) is 6.76. The SMILES string of the molecule is CC[C@@H](C)C1CCC2C(C)=CCC[C@@]21C. The smallest absolute Gasteiger partial charge is 0.0149 e. The van der Waals surface area contributed by atoms with Gasteiger partial charge in [-0.2, -0.15) is 0 Å². The van der Waals surface area contributed by atoms with Gasteiger partial charge in [0.05, 0.1) is 0 Å². The van der Waals surface area contributed by atoms with Gasteiger partial charge in [0.15, 0.2) is 0 Å². The highest BCUT2D eigenvalue weighted by Crippen LogP contribution is 2.58. The van der Waals surface area contributed by atoms with E-state index in [4.69, 9.17) is 0 Å². The second-order valence-corrected chi connectivity index (χ2v) is 6.11. The van der Waals surface area contributed by atoms with Crippen LogP contribution in [0.2, 0.25) is 0 Å². The molecule has 0 aliphatic heterocycles. The first-order valence-corrected chi connectivity index (χ1v) is 6.76. The van der Waals surface area contributed by atoms with Crippen LogP contribution in [0.25, 0.3) is 0 Å². The molecule has 0 heterocycles. The van der Waals surface area contributed by atoms with Gasteiger partial charge in [0.25, 0.3) is 0 Å². The molecule has 0 saturated heterocycles. The Morgan fingerprint density at radius 2 is 2.20 bits per heavy atom. The van der Waals surface area contributed by atoms with Gasteiger partial charge >= 0.3 is 0 Å². The summed E-state index contributed by atoms with van der Waals surface area (Å²) >= 11 is 0. The predicted octanol–water partition coefficient (Wildman–Crippen LogP) is 4.81. The summed E-state index contributed by atoms with van der Waals surface area (Å²) in [4.78, 5) is 0. The van der Waals surface area contributed by atoms with Crippen molar-refractivity contribution in [2.45, 2.75) is 59.8 Å². The molecule has 0 N–H and O–H groups in total. The molecule has 1 fully saturated rings. The number of rotatable bonds is 2. The summed E-state index contributed by atoms with van der Waals surface area (Å²) in [6.07, 6.45) is 9.53. The van der Waals surface area contributed by atoms with Crippen LogP contribution >= 0.6 is 0 Å². The van der Waals surface area contributed by atoms with Crippen LogP contribution in [0.15, 0.2) is 11.6 Å². The average Bonchev–Trinajstić information content (AvgIpc) is 2.56. The van der Waals surface area contributed by atoms with Crippen molar-refractivity contribution in [3.05, 3.63) is 11.6 Å². The molecule has 0 radical (unpaired) electrons. The van der Waals surface area contributed by atoms with Crippen LogP contribution in [-0.2, 0) is 0 Å². The Balaban J connectivity index is 2.23. The Bertz CT molecular complexity index is 263. The van der Waals surface area contributed by atoms with Gasteiger partial charge in [0.1, 0.15) is 0 Å². The van der Waals surface area contributed by atoms with Crippen molar-refractivity contribution >= 4 is 0 Å². The maximum absolute atomic E-state index is 2.57. The standard InChI is InChI=1S/C15H26/c1-5-11(2)13-8-9-14-12(3)7-6-10-15(13,14)4/h7,11,13-14H,5-6,8-10H2,1-4H3/t11-,13?,14?,15-/m1/s1. The fourth-order valence-corrected chi connectivity index (χ4v) is 4.34. The molecule has 15 heavy (non-hydrogen) atoms. The predicted molar refractivity (Wildman–Crippen MR) is 66.8 cm³/mol. The van der Waals surface area contributed by atoms with E-state index < -0.39 is 0 Å². The third-order valence-electron chi connectivity index (χ3n) is 5.44. The highest BCUT2D eigenvalue weighted by Gasteiger charge is 2.48. The van der Waals surface area contributed by atoms with Crippen molar-refractivity contribution in [3.63, 3.8) is 0 Å². The highest BCUT2D eigenvalue weighted by molar-refractivity contribution is 5.17. The number of allylic oxidation sites excluding steroid dienone is 2. The molecule has 2 rings (SSSR count). The molecule has 0 aromatic heterocycles. The first-order chi connectivity index (χ1) is 7.09. The Labute approximate surface area is 95.1 Å².